The third-order valence-corrected chi connectivity index (χ3v) is 4.05. The van der Waals surface area contributed by atoms with Crippen LogP contribution in [-0.4, -0.2) is 18.6 Å². The number of benzene rings is 1. The second-order valence-electron chi connectivity index (χ2n) is 4.03. The Morgan fingerprint density at radius 1 is 1.47 bits per heavy atom. The maximum atomic E-state index is 13.5. The Balaban J connectivity index is 2.23. The largest absolute Gasteiger partial charge is 0.399 e. The SMILES string of the molecule is Cc1[nH]ncc1CNS(=O)(=O)c1cc(N)ccc1F. The molecule has 102 valence electrons. The monoisotopic (exact) mass is 284 g/mol. The quantitative estimate of drug-likeness (QED) is 0.727. The minimum absolute atomic E-state index is 0.0267. The number of nitrogens with two attached hydrogens (primary N) is 1. The van der Waals surface area contributed by atoms with E-state index in [9.17, 15) is 12.8 Å². The van der Waals surface area contributed by atoms with Crippen molar-refractivity contribution in [3.63, 3.8) is 0 Å². The second-order valence-corrected chi connectivity index (χ2v) is 5.77. The molecular weight excluding hydrogens is 271 g/mol. The van der Waals surface area contributed by atoms with Gasteiger partial charge in [-0.3, -0.25) is 5.10 Å². The van der Waals surface area contributed by atoms with Crippen LogP contribution in [0.5, 0.6) is 0 Å². The van der Waals surface area contributed by atoms with Crippen LogP contribution in [0.3, 0.4) is 0 Å². The van der Waals surface area contributed by atoms with E-state index in [0.29, 0.717) is 5.56 Å². The molecule has 0 bridgehead atoms. The summed E-state index contributed by atoms with van der Waals surface area (Å²) in [5, 5.41) is 6.46. The fourth-order valence-corrected chi connectivity index (χ4v) is 2.65. The number of rotatable bonds is 4. The van der Waals surface area contributed by atoms with Gasteiger partial charge in [0.15, 0.2) is 0 Å². The van der Waals surface area contributed by atoms with Crippen molar-refractivity contribution >= 4 is 15.7 Å². The summed E-state index contributed by atoms with van der Waals surface area (Å²) in [5.74, 6) is -0.842. The number of aromatic nitrogens is 2. The van der Waals surface area contributed by atoms with E-state index >= 15 is 0 Å². The molecule has 2 rings (SSSR count). The van der Waals surface area contributed by atoms with Gasteiger partial charge in [0.1, 0.15) is 10.7 Å². The summed E-state index contributed by atoms with van der Waals surface area (Å²) in [7, 11) is -3.95. The molecule has 8 heteroatoms. The number of halogens is 1. The number of nitrogens with zero attached hydrogens (tertiary/aromatic N) is 1. The molecule has 4 N–H and O–H groups in total. The molecule has 1 aromatic heterocycles. The smallest absolute Gasteiger partial charge is 0.243 e. The fourth-order valence-electron chi connectivity index (χ4n) is 1.53. The van der Waals surface area contributed by atoms with Crippen molar-refractivity contribution in [2.45, 2.75) is 18.4 Å². The Labute approximate surface area is 109 Å². The molecule has 0 atom stereocenters. The lowest BCUT2D eigenvalue weighted by molar-refractivity contribution is 0.557. The van der Waals surface area contributed by atoms with Crippen molar-refractivity contribution in [3.8, 4) is 0 Å². The number of nitrogen functional groups attached to an aromatic ring is 1. The van der Waals surface area contributed by atoms with Crippen molar-refractivity contribution in [1.29, 1.82) is 0 Å². The maximum Gasteiger partial charge on any atom is 0.243 e. The molecule has 0 saturated carbocycles. The maximum absolute atomic E-state index is 13.5. The average Bonchev–Trinajstić information content (AvgIpc) is 2.75. The van der Waals surface area contributed by atoms with Gasteiger partial charge in [0.2, 0.25) is 10.0 Å². The van der Waals surface area contributed by atoms with E-state index in [1.165, 1.54) is 12.3 Å². The predicted molar refractivity (Wildman–Crippen MR) is 68.2 cm³/mol. The average molecular weight is 284 g/mol. The van der Waals surface area contributed by atoms with Crippen molar-refractivity contribution in [1.82, 2.24) is 14.9 Å². The number of H-pyrrole nitrogens is 1. The molecule has 0 amide bonds. The van der Waals surface area contributed by atoms with E-state index in [2.05, 4.69) is 14.9 Å². The number of hydrogen-bond acceptors (Lipinski definition) is 4. The second kappa shape index (κ2) is 4.98. The van der Waals surface area contributed by atoms with Crippen LogP contribution in [0, 0.1) is 12.7 Å². The molecule has 2 aromatic rings. The lowest BCUT2D eigenvalue weighted by atomic mass is 10.3. The van der Waals surface area contributed by atoms with E-state index in [1.807, 2.05) is 0 Å². The van der Waals surface area contributed by atoms with Gasteiger partial charge in [0.05, 0.1) is 6.20 Å². The van der Waals surface area contributed by atoms with Crippen LogP contribution in [0.15, 0.2) is 29.3 Å². The van der Waals surface area contributed by atoms with Crippen molar-refractivity contribution in [3.05, 3.63) is 41.5 Å². The summed E-state index contributed by atoms with van der Waals surface area (Å²) in [5.41, 5.74) is 7.08. The van der Waals surface area contributed by atoms with Crippen LogP contribution < -0.4 is 10.5 Å². The molecule has 0 fully saturated rings. The van der Waals surface area contributed by atoms with E-state index in [-0.39, 0.29) is 12.2 Å². The molecule has 0 aliphatic heterocycles. The number of aromatic amines is 1. The summed E-state index contributed by atoms with van der Waals surface area (Å²) in [4.78, 5) is -0.464. The molecule has 1 heterocycles. The van der Waals surface area contributed by atoms with Crippen LogP contribution in [0.1, 0.15) is 11.3 Å². The lowest BCUT2D eigenvalue weighted by Crippen LogP contribution is -2.24. The highest BCUT2D eigenvalue weighted by molar-refractivity contribution is 7.89. The molecule has 0 spiro atoms. The summed E-state index contributed by atoms with van der Waals surface area (Å²) >= 11 is 0. The zero-order valence-electron chi connectivity index (χ0n) is 10.1. The van der Waals surface area contributed by atoms with Gasteiger partial charge in [0.25, 0.3) is 0 Å². The Hall–Kier alpha value is -1.93. The van der Waals surface area contributed by atoms with Gasteiger partial charge in [-0.05, 0) is 25.1 Å². The number of aryl methyl sites for hydroxylation is 1. The first-order valence-electron chi connectivity index (χ1n) is 5.43. The van der Waals surface area contributed by atoms with Gasteiger partial charge >= 0.3 is 0 Å². The summed E-state index contributed by atoms with van der Waals surface area (Å²) in [6, 6.07) is 3.40. The van der Waals surface area contributed by atoms with Crippen LogP contribution in [0.4, 0.5) is 10.1 Å². The Morgan fingerprint density at radius 3 is 2.84 bits per heavy atom. The highest BCUT2D eigenvalue weighted by Gasteiger charge is 2.19. The van der Waals surface area contributed by atoms with Gasteiger partial charge in [-0.25, -0.2) is 17.5 Å². The molecular formula is C11H13FN4O2S. The van der Waals surface area contributed by atoms with Gasteiger partial charge < -0.3 is 5.73 Å². The molecule has 6 nitrogen and oxygen atoms in total. The van der Waals surface area contributed by atoms with Crippen molar-refractivity contribution in [2.24, 2.45) is 0 Å². The molecule has 0 radical (unpaired) electrons. The first-order chi connectivity index (χ1) is 8.90. The summed E-state index contributed by atoms with van der Waals surface area (Å²) in [6.07, 6.45) is 1.51. The number of anilines is 1. The minimum Gasteiger partial charge on any atom is -0.399 e. The molecule has 0 saturated heterocycles. The Morgan fingerprint density at radius 2 is 2.21 bits per heavy atom. The summed E-state index contributed by atoms with van der Waals surface area (Å²) < 4.78 is 39.8. The zero-order chi connectivity index (χ0) is 14.0. The fraction of sp³-hybridized carbons (Fsp3) is 0.182. The highest BCUT2D eigenvalue weighted by Crippen LogP contribution is 2.18. The number of hydrogen-bond donors (Lipinski definition) is 3. The normalized spacial score (nSPS) is 11.7. The molecule has 0 aliphatic carbocycles. The van der Waals surface area contributed by atoms with Crippen LogP contribution in [-0.2, 0) is 16.6 Å². The first kappa shape index (κ1) is 13.5. The van der Waals surface area contributed by atoms with E-state index in [0.717, 1.165) is 17.8 Å². The van der Waals surface area contributed by atoms with E-state index < -0.39 is 20.7 Å². The lowest BCUT2D eigenvalue weighted by Gasteiger charge is -2.08. The third kappa shape index (κ3) is 2.91. The molecule has 19 heavy (non-hydrogen) atoms. The number of nitrogens with one attached hydrogen (secondary N) is 2. The topological polar surface area (TPSA) is 101 Å². The third-order valence-electron chi connectivity index (χ3n) is 2.63. The van der Waals surface area contributed by atoms with Crippen LogP contribution in [0.2, 0.25) is 0 Å². The minimum atomic E-state index is -3.95. The molecule has 0 aliphatic rings. The van der Waals surface area contributed by atoms with Gasteiger partial charge in [0, 0.05) is 23.5 Å². The summed E-state index contributed by atoms with van der Waals surface area (Å²) in [6.45, 7) is 1.79. The van der Waals surface area contributed by atoms with Gasteiger partial charge in [-0.15, -0.1) is 0 Å². The Bertz CT molecular complexity index is 696. The predicted octanol–water partition coefficient (Wildman–Crippen LogP) is 0.918. The van der Waals surface area contributed by atoms with E-state index in [4.69, 9.17) is 5.73 Å². The standard InChI is InChI=1S/C11H13FN4O2S/c1-7-8(5-14-16-7)6-15-19(17,18)11-4-9(13)2-3-10(11)12/h2-5,15H,6,13H2,1H3,(H,14,16). The van der Waals surface area contributed by atoms with Crippen molar-refractivity contribution in [2.75, 3.05) is 5.73 Å². The molecule has 0 unspecified atom stereocenters. The molecule has 1 aromatic carbocycles. The zero-order valence-corrected chi connectivity index (χ0v) is 11.0. The van der Waals surface area contributed by atoms with Gasteiger partial charge in [-0.1, -0.05) is 0 Å². The highest BCUT2D eigenvalue weighted by atomic mass is 32.2. The number of sulfonamides is 1. The first-order valence-corrected chi connectivity index (χ1v) is 6.92. The van der Waals surface area contributed by atoms with Gasteiger partial charge in [-0.2, -0.15) is 5.10 Å². The Kier molecular flexibility index (Phi) is 3.54. The van der Waals surface area contributed by atoms with Crippen molar-refractivity contribution < 1.29 is 12.8 Å². The van der Waals surface area contributed by atoms with E-state index in [1.54, 1.807) is 6.92 Å². The van der Waals surface area contributed by atoms with Crippen LogP contribution in [0.25, 0.3) is 0 Å². The van der Waals surface area contributed by atoms with Crippen LogP contribution >= 0.6 is 0 Å².